The molecule has 1 rings (SSSR count). The van der Waals surface area contributed by atoms with E-state index in [1.54, 1.807) is 0 Å². The number of nitrogens with zero attached hydrogens (tertiary/aromatic N) is 3. The first-order chi connectivity index (χ1) is 8.02. The monoisotopic (exact) mass is 233 g/mol. The third kappa shape index (κ3) is 4.39. The number of pyridine rings is 1. The molecule has 0 radical (unpaired) electrons. The Morgan fingerprint density at radius 3 is 2.29 bits per heavy atom. The highest BCUT2D eigenvalue weighted by Crippen LogP contribution is 1.98. The Labute approximate surface area is 104 Å². The average molecular weight is 233 g/mol. The van der Waals surface area contributed by atoms with Gasteiger partial charge in [0, 0.05) is 26.2 Å². The first kappa shape index (κ1) is 13.4. The maximum Gasteiger partial charge on any atom is 0.290 e. The van der Waals surface area contributed by atoms with Crippen molar-refractivity contribution in [2.45, 2.75) is 13.3 Å². The first-order valence-electron chi connectivity index (χ1n) is 5.93. The second kappa shape index (κ2) is 6.18. The molecule has 0 aliphatic carbocycles. The molecule has 0 bridgehead atoms. The lowest BCUT2D eigenvalue weighted by Crippen LogP contribution is -2.34. The zero-order valence-corrected chi connectivity index (χ0v) is 11.5. The summed E-state index contributed by atoms with van der Waals surface area (Å²) in [5.74, 6) is 0. The molecule has 92 valence electrons. The second-order valence-corrected chi connectivity index (χ2v) is 4.58. The van der Waals surface area contributed by atoms with E-state index >= 15 is 0 Å². The topological polar surface area (TPSA) is 10.1 Å². The maximum atomic E-state index is 2.17. The Bertz CT molecular complexity index is 410. The van der Waals surface area contributed by atoms with E-state index in [9.17, 15) is 0 Å². The summed E-state index contributed by atoms with van der Waals surface area (Å²) in [6.07, 6.45) is 9.49. The van der Waals surface area contributed by atoms with Crippen LogP contribution in [-0.2, 0) is 6.42 Å². The lowest BCUT2D eigenvalue weighted by Gasteiger charge is -2.04. The van der Waals surface area contributed by atoms with Gasteiger partial charge in [0.15, 0.2) is 12.4 Å². The zero-order chi connectivity index (χ0) is 12.8. The minimum atomic E-state index is 1.07. The molecule has 0 saturated carbocycles. The molecule has 17 heavy (non-hydrogen) atoms. The summed E-state index contributed by atoms with van der Waals surface area (Å²) in [5.41, 5.74) is 2.50. The second-order valence-electron chi connectivity index (χ2n) is 4.58. The standard InChI is InChI=1S/C14H23N3/c1-6-13-7-9-17(10-8-13)14(11-15(2)3)12-16(4)5/h7-12H,6H2,1-5H3/q+2. The van der Waals surface area contributed by atoms with Gasteiger partial charge in [-0.2, -0.15) is 4.57 Å². The summed E-state index contributed by atoms with van der Waals surface area (Å²) >= 11 is 0. The Morgan fingerprint density at radius 2 is 1.88 bits per heavy atom. The van der Waals surface area contributed by atoms with Crippen LogP contribution in [0, 0.1) is 0 Å². The van der Waals surface area contributed by atoms with Crippen LogP contribution in [0.1, 0.15) is 12.5 Å². The number of allylic oxidation sites excluding steroid dienone is 1. The quantitative estimate of drug-likeness (QED) is 0.562. The highest BCUT2D eigenvalue weighted by Gasteiger charge is 2.11. The van der Waals surface area contributed by atoms with Crippen LogP contribution < -0.4 is 4.57 Å². The molecule has 0 aliphatic heterocycles. The van der Waals surface area contributed by atoms with E-state index in [4.69, 9.17) is 0 Å². The average Bonchev–Trinajstić information content (AvgIpc) is 2.27. The third-order valence-electron chi connectivity index (χ3n) is 2.39. The summed E-state index contributed by atoms with van der Waals surface area (Å²) in [6, 6.07) is 4.32. The number of aromatic nitrogens is 1. The van der Waals surface area contributed by atoms with Gasteiger partial charge in [0.05, 0.1) is 6.20 Å². The van der Waals surface area contributed by atoms with Gasteiger partial charge < -0.3 is 4.90 Å². The van der Waals surface area contributed by atoms with Crippen molar-refractivity contribution in [3.63, 3.8) is 0 Å². The van der Waals surface area contributed by atoms with Gasteiger partial charge in [-0.05, 0) is 12.0 Å². The van der Waals surface area contributed by atoms with Gasteiger partial charge in [-0.25, -0.2) is 4.58 Å². The highest BCUT2D eigenvalue weighted by molar-refractivity contribution is 5.94. The molecule has 0 aliphatic rings. The smallest absolute Gasteiger partial charge is 0.290 e. The van der Waals surface area contributed by atoms with Gasteiger partial charge >= 0.3 is 0 Å². The predicted molar refractivity (Wildman–Crippen MR) is 72.1 cm³/mol. The molecule has 0 fully saturated rings. The van der Waals surface area contributed by atoms with E-state index in [0.29, 0.717) is 0 Å². The SMILES string of the molecule is CCc1cc[n+](/C(C=[N+](C)C)=C/N(C)C)cc1. The van der Waals surface area contributed by atoms with Crippen molar-refractivity contribution >= 4 is 11.9 Å². The third-order valence-corrected chi connectivity index (χ3v) is 2.39. The number of rotatable bonds is 4. The molecule has 0 spiro atoms. The molecule has 0 atom stereocenters. The minimum absolute atomic E-state index is 1.07. The van der Waals surface area contributed by atoms with Gasteiger partial charge in [0.25, 0.3) is 5.70 Å². The maximum absolute atomic E-state index is 2.17. The summed E-state index contributed by atoms with van der Waals surface area (Å²) in [6.45, 7) is 2.17. The Kier molecular flexibility index (Phi) is 4.88. The number of hydrogen-bond acceptors (Lipinski definition) is 1. The molecular weight excluding hydrogens is 210 g/mol. The summed E-state index contributed by atoms with van der Waals surface area (Å²) in [4.78, 5) is 2.05. The van der Waals surface area contributed by atoms with Crippen molar-refractivity contribution < 1.29 is 9.14 Å². The molecule has 0 unspecified atom stereocenters. The fraction of sp³-hybridized carbons (Fsp3) is 0.429. The van der Waals surface area contributed by atoms with E-state index in [2.05, 4.69) is 57.9 Å². The van der Waals surface area contributed by atoms with Crippen LogP contribution in [0.3, 0.4) is 0 Å². The van der Waals surface area contributed by atoms with Gasteiger partial charge in [-0.1, -0.05) is 6.92 Å². The van der Waals surface area contributed by atoms with E-state index in [0.717, 1.165) is 12.1 Å². The van der Waals surface area contributed by atoms with Crippen molar-refractivity contribution in [2.75, 3.05) is 28.2 Å². The van der Waals surface area contributed by atoms with Crippen LogP contribution in [0.4, 0.5) is 0 Å². The molecule has 0 saturated heterocycles. The van der Waals surface area contributed by atoms with E-state index < -0.39 is 0 Å². The van der Waals surface area contributed by atoms with Crippen LogP contribution in [-0.4, -0.2) is 43.9 Å². The lowest BCUT2D eigenvalue weighted by molar-refractivity contribution is -0.580. The number of aryl methyl sites for hydroxylation is 1. The summed E-state index contributed by atoms with van der Waals surface area (Å²) in [5, 5.41) is 0. The van der Waals surface area contributed by atoms with Gasteiger partial charge in [-0.15, -0.1) is 0 Å². The van der Waals surface area contributed by atoms with E-state index in [1.807, 2.05) is 28.2 Å². The van der Waals surface area contributed by atoms with Crippen LogP contribution in [0.2, 0.25) is 0 Å². The Balaban J connectivity index is 3.09. The van der Waals surface area contributed by atoms with Gasteiger partial charge in [0.2, 0.25) is 6.21 Å². The van der Waals surface area contributed by atoms with Crippen LogP contribution in [0.5, 0.6) is 0 Å². The minimum Gasteiger partial charge on any atom is -0.378 e. The molecular formula is C14H23N3+2. The molecule has 1 heterocycles. The fourth-order valence-corrected chi connectivity index (χ4v) is 1.56. The molecule has 3 nitrogen and oxygen atoms in total. The van der Waals surface area contributed by atoms with Crippen molar-refractivity contribution in [3.8, 4) is 0 Å². The van der Waals surface area contributed by atoms with Gasteiger partial charge in [0.1, 0.15) is 14.1 Å². The lowest BCUT2D eigenvalue weighted by atomic mass is 10.2. The molecule has 0 amide bonds. The van der Waals surface area contributed by atoms with E-state index in [1.165, 1.54) is 5.56 Å². The molecule has 1 aromatic heterocycles. The number of hydrogen-bond donors (Lipinski definition) is 0. The van der Waals surface area contributed by atoms with Crippen molar-refractivity contribution in [1.82, 2.24) is 4.90 Å². The Morgan fingerprint density at radius 1 is 1.29 bits per heavy atom. The Hall–Kier alpha value is -1.64. The highest BCUT2D eigenvalue weighted by atomic mass is 15.1. The normalized spacial score (nSPS) is 11.2. The zero-order valence-electron chi connectivity index (χ0n) is 11.5. The van der Waals surface area contributed by atoms with Crippen LogP contribution >= 0.6 is 0 Å². The van der Waals surface area contributed by atoms with E-state index in [-0.39, 0.29) is 0 Å². The van der Waals surface area contributed by atoms with Gasteiger partial charge in [-0.3, -0.25) is 0 Å². The molecule has 1 aromatic rings. The van der Waals surface area contributed by atoms with Crippen LogP contribution in [0.25, 0.3) is 5.70 Å². The predicted octanol–water partition coefficient (Wildman–Crippen LogP) is 1.24. The van der Waals surface area contributed by atoms with Crippen molar-refractivity contribution in [2.24, 2.45) is 0 Å². The summed E-state index contributed by atoms with van der Waals surface area (Å²) in [7, 11) is 8.13. The van der Waals surface area contributed by atoms with Crippen molar-refractivity contribution in [3.05, 3.63) is 36.3 Å². The van der Waals surface area contributed by atoms with Crippen LogP contribution in [0.15, 0.2) is 30.7 Å². The molecule has 0 N–H and O–H groups in total. The summed E-state index contributed by atoms with van der Waals surface area (Å²) < 4.78 is 4.18. The largest absolute Gasteiger partial charge is 0.378 e. The fourth-order valence-electron chi connectivity index (χ4n) is 1.56. The first-order valence-corrected chi connectivity index (χ1v) is 5.93. The molecule has 0 aromatic carbocycles. The molecule has 3 heteroatoms. The van der Waals surface area contributed by atoms with Crippen molar-refractivity contribution in [1.29, 1.82) is 0 Å².